The van der Waals surface area contributed by atoms with Crippen molar-refractivity contribution in [3.05, 3.63) is 228 Å². The quantitative estimate of drug-likeness (QED) is 0.144. The second-order valence-corrected chi connectivity index (χ2v) is 19.5. The van der Waals surface area contributed by atoms with Crippen LogP contribution in [0, 0.1) is 0 Å². The number of hydrogen-bond acceptors (Lipinski definition) is 1. The van der Waals surface area contributed by atoms with Crippen molar-refractivity contribution in [2.45, 2.75) is 76.0 Å². The summed E-state index contributed by atoms with van der Waals surface area (Å²) >= 11 is 0. The van der Waals surface area contributed by atoms with E-state index in [1.807, 2.05) is 0 Å². The maximum Gasteiger partial charge on any atom is 0.0468 e. The molecule has 5 aliphatic carbocycles. The molecule has 0 N–H and O–H groups in total. The van der Waals surface area contributed by atoms with Crippen LogP contribution in [0.3, 0.4) is 0 Å². The van der Waals surface area contributed by atoms with Gasteiger partial charge in [0, 0.05) is 22.5 Å². The van der Waals surface area contributed by atoms with E-state index >= 15 is 0 Å². The first-order valence-corrected chi connectivity index (χ1v) is 25.0. The minimum Gasteiger partial charge on any atom is -0.310 e. The maximum atomic E-state index is 2.61. The lowest BCUT2D eigenvalue weighted by Crippen LogP contribution is -2.30. The fourth-order valence-electron chi connectivity index (χ4n) is 12.8. The zero-order valence-electron chi connectivity index (χ0n) is 38.3. The molecule has 8 aromatic carbocycles. The summed E-state index contributed by atoms with van der Waals surface area (Å²) in [4.78, 5) is 2.56. The van der Waals surface area contributed by atoms with E-state index in [0.717, 1.165) is 32.1 Å². The van der Waals surface area contributed by atoms with Crippen molar-refractivity contribution in [2.75, 3.05) is 4.90 Å². The zero-order chi connectivity index (χ0) is 44.3. The Morgan fingerprint density at radius 1 is 0.418 bits per heavy atom. The maximum absolute atomic E-state index is 2.61. The third kappa shape index (κ3) is 6.65. The molecular weight excluding hydrogens is 807 g/mol. The Hall–Kier alpha value is -7.22. The SMILES string of the molecule is C1=CCCC(c2ccc(N(c3ccc4c(c3)C3(CCCCC3)C3=C4C=CCC3)c3ccc4c(c3)c3ccccc3c3c(-c5ccccc5)cc(-c5ccccc5)c(C5=CC=CCC5)c43)cc2)=C1. The van der Waals surface area contributed by atoms with Crippen LogP contribution in [-0.4, -0.2) is 0 Å². The molecule has 0 aromatic heterocycles. The van der Waals surface area contributed by atoms with Crippen LogP contribution in [0.4, 0.5) is 17.1 Å². The molecule has 0 saturated heterocycles. The summed E-state index contributed by atoms with van der Waals surface area (Å²) in [7, 11) is 0. The molecule has 1 saturated carbocycles. The molecule has 324 valence electrons. The largest absolute Gasteiger partial charge is 0.310 e. The molecule has 0 heterocycles. The highest BCUT2D eigenvalue weighted by molar-refractivity contribution is 6.32. The Balaban J connectivity index is 1.09. The van der Waals surface area contributed by atoms with Crippen molar-refractivity contribution in [1.29, 1.82) is 0 Å². The van der Waals surface area contributed by atoms with Crippen molar-refractivity contribution in [2.24, 2.45) is 0 Å². The predicted molar refractivity (Wildman–Crippen MR) is 287 cm³/mol. The van der Waals surface area contributed by atoms with Gasteiger partial charge >= 0.3 is 0 Å². The lowest BCUT2D eigenvalue weighted by Gasteiger charge is -2.39. The Kier molecular flexibility index (Phi) is 9.92. The second-order valence-electron chi connectivity index (χ2n) is 19.5. The number of rotatable bonds is 7. The minimum absolute atomic E-state index is 0.144. The van der Waals surface area contributed by atoms with Gasteiger partial charge in [0.15, 0.2) is 0 Å². The molecule has 1 nitrogen and oxygen atoms in total. The Labute approximate surface area is 395 Å². The van der Waals surface area contributed by atoms with Gasteiger partial charge in [0.2, 0.25) is 0 Å². The van der Waals surface area contributed by atoms with Crippen molar-refractivity contribution >= 4 is 66.1 Å². The van der Waals surface area contributed by atoms with E-state index in [9.17, 15) is 0 Å². The summed E-state index contributed by atoms with van der Waals surface area (Å²) in [6.07, 6.45) is 31.6. The number of nitrogens with zero attached hydrogens (tertiary/aromatic N) is 1. The highest BCUT2D eigenvalue weighted by Crippen LogP contribution is 2.58. The second kappa shape index (κ2) is 16.6. The summed E-state index contributed by atoms with van der Waals surface area (Å²) < 4.78 is 0. The van der Waals surface area contributed by atoms with Gasteiger partial charge in [-0.25, -0.2) is 0 Å². The standard InChI is InChI=1S/C66H55N/c1-6-20-45(21-7-1)46-32-34-50(35-33-46)67(52-36-38-55-54-29-16-17-31-61(54)66(62(55)43-52)40-18-5-19-41-66)51-37-39-57-60(42-51)53-28-14-15-30-56(53)64-59(48-24-10-3-11-25-48)44-58(47-22-8-2-9-23-47)63(65(57)64)49-26-12-4-13-27-49/h1-4,6,8-12,14-16,20,22-26,28-30,32-39,42-44H,5,7,13,17-19,21,27,31,40-41H2. The van der Waals surface area contributed by atoms with Crippen molar-refractivity contribution < 1.29 is 0 Å². The number of hydrogen-bond donors (Lipinski definition) is 0. The summed E-state index contributed by atoms with van der Waals surface area (Å²) in [5, 5.41) is 7.82. The van der Waals surface area contributed by atoms with Crippen LogP contribution in [0.15, 0.2) is 206 Å². The van der Waals surface area contributed by atoms with Gasteiger partial charge in [0.25, 0.3) is 0 Å². The molecule has 0 amide bonds. The molecule has 1 heteroatoms. The molecule has 8 aromatic rings. The van der Waals surface area contributed by atoms with Gasteiger partial charge in [0.05, 0.1) is 0 Å². The normalized spacial score (nSPS) is 17.3. The smallest absolute Gasteiger partial charge is 0.0468 e. The molecule has 1 fully saturated rings. The third-order valence-corrected chi connectivity index (χ3v) is 15.9. The molecule has 5 aliphatic rings. The molecule has 0 atom stereocenters. The number of anilines is 3. The van der Waals surface area contributed by atoms with Crippen molar-refractivity contribution in [1.82, 2.24) is 0 Å². The number of allylic oxidation sites excluding steroid dienone is 12. The van der Waals surface area contributed by atoms with Crippen LogP contribution >= 0.6 is 0 Å². The molecule has 13 rings (SSSR count). The van der Waals surface area contributed by atoms with E-state index < -0.39 is 0 Å². The van der Waals surface area contributed by atoms with E-state index in [2.05, 4.69) is 205 Å². The summed E-state index contributed by atoms with van der Waals surface area (Å²) in [6, 6.07) is 58.2. The minimum atomic E-state index is 0.144. The highest BCUT2D eigenvalue weighted by atomic mass is 15.1. The Morgan fingerprint density at radius 3 is 1.78 bits per heavy atom. The van der Waals surface area contributed by atoms with E-state index in [-0.39, 0.29) is 5.41 Å². The van der Waals surface area contributed by atoms with E-state index in [0.29, 0.717) is 0 Å². The highest BCUT2D eigenvalue weighted by Gasteiger charge is 2.45. The third-order valence-electron chi connectivity index (χ3n) is 15.9. The fourth-order valence-corrected chi connectivity index (χ4v) is 12.8. The van der Waals surface area contributed by atoms with Gasteiger partial charge in [-0.05, 0) is 187 Å². The Morgan fingerprint density at radius 2 is 1.04 bits per heavy atom. The lowest BCUT2D eigenvalue weighted by molar-refractivity contribution is 0.338. The van der Waals surface area contributed by atoms with Gasteiger partial charge in [-0.15, -0.1) is 0 Å². The molecule has 1 spiro atoms. The van der Waals surface area contributed by atoms with Crippen molar-refractivity contribution in [3.63, 3.8) is 0 Å². The predicted octanol–water partition coefficient (Wildman–Crippen LogP) is 18.7. The molecular formula is C66H55N. The van der Waals surface area contributed by atoms with E-state index in [4.69, 9.17) is 0 Å². The summed E-state index contributed by atoms with van der Waals surface area (Å²) in [5.41, 5.74) is 20.5. The first-order chi connectivity index (χ1) is 33.2. The monoisotopic (exact) mass is 861 g/mol. The van der Waals surface area contributed by atoms with Crippen LogP contribution < -0.4 is 4.90 Å². The van der Waals surface area contributed by atoms with E-state index in [1.54, 1.807) is 11.1 Å². The van der Waals surface area contributed by atoms with Gasteiger partial charge in [-0.2, -0.15) is 0 Å². The van der Waals surface area contributed by atoms with Gasteiger partial charge < -0.3 is 4.90 Å². The first-order valence-electron chi connectivity index (χ1n) is 25.0. The van der Waals surface area contributed by atoms with Gasteiger partial charge in [0.1, 0.15) is 0 Å². The van der Waals surface area contributed by atoms with Gasteiger partial charge in [-0.1, -0.05) is 183 Å². The van der Waals surface area contributed by atoms with Crippen LogP contribution in [0.25, 0.3) is 71.3 Å². The fraction of sp³-hybridized carbons (Fsp3) is 0.182. The number of benzene rings is 8. The molecule has 0 bridgehead atoms. The van der Waals surface area contributed by atoms with Crippen LogP contribution in [-0.2, 0) is 5.41 Å². The van der Waals surface area contributed by atoms with Crippen molar-refractivity contribution in [3.8, 4) is 22.3 Å². The molecule has 0 aliphatic heterocycles. The summed E-state index contributed by atoms with van der Waals surface area (Å²) in [6.45, 7) is 0. The average molecular weight is 862 g/mol. The summed E-state index contributed by atoms with van der Waals surface area (Å²) in [5.74, 6) is 0. The van der Waals surface area contributed by atoms with Gasteiger partial charge in [-0.3, -0.25) is 0 Å². The lowest BCUT2D eigenvalue weighted by atomic mass is 9.65. The first kappa shape index (κ1) is 40.1. The topological polar surface area (TPSA) is 3.24 Å². The average Bonchev–Trinajstić information content (AvgIpc) is 3.67. The van der Waals surface area contributed by atoms with Crippen LogP contribution in [0.1, 0.15) is 92.9 Å². The van der Waals surface area contributed by atoms with Crippen LogP contribution in [0.2, 0.25) is 0 Å². The zero-order valence-corrected chi connectivity index (χ0v) is 38.3. The molecule has 0 unspecified atom stereocenters. The molecule has 67 heavy (non-hydrogen) atoms. The van der Waals surface area contributed by atoms with Crippen LogP contribution in [0.5, 0.6) is 0 Å². The Bertz CT molecular complexity index is 3460. The molecule has 0 radical (unpaired) electrons. The number of fused-ring (bicyclic) bond motifs is 10. The van der Waals surface area contributed by atoms with E-state index in [1.165, 1.54) is 144 Å².